The minimum absolute atomic E-state index is 0.187. The average molecular weight is 282 g/mol. The lowest BCUT2D eigenvalue weighted by atomic mass is 10.1. The lowest BCUT2D eigenvalue weighted by molar-refractivity contribution is -0.147. The third-order valence-corrected chi connectivity index (χ3v) is 4.65. The van der Waals surface area contributed by atoms with Crippen molar-refractivity contribution in [2.45, 2.75) is 76.5 Å². The summed E-state index contributed by atoms with van der Waals surface area (Å²) < 4.78 is 6.06. The van der Waals surface area contributed by atoms with Crippen molar-refractivity contribution in [1.82, 2.24) is 10.2 Å². The second kappa shape index (κ2) is 7.99. The van der Waals surface area contributed by atoms with Crippen LogP contribution in [0.2, 0.25) is 0 Å². The standard InChI is InChI=1S/C16H30N2O2/c1-13(20-15-9-5-3-4-6-10-15)16(19)18-11-7-8-14(18)12-17-2/h13-15,17H,3-12H2,1-2H3. The van der Waals surface area contributed by atoms with Crippen LogP contribution in [0.3, 0.4) is 0 Å². The Kier molecular flexibility index (Phi) is 6.30. The molecule has 0 aromatic heterocycles. The number of rotatable bonds is 5. The maximum Gasteiger partial charge on any atom is 0.251 e. The fraction of sp³-hybridized carbons (Fsp3) is 0.938. The topological polar surface area (TPSA) is 41.6 Å². The van der Waals surface area contributed by atoms with Crippen LogP contribution in [-0.4, -0.2) is 49.2 Å². The van der Waals surface area contributed by atoms with Crippen LogP contribution in [0.5, 0.6) is 0 Å². The number of carbonyl (C=O) groups excluding carboxylic acids is 1. The highest BCUT2D eigenvalue weighted by Crippen LogP contribution is 2.23. The molecule has 1 heterocycles. The molecule has 1 saturated heterocycles. The number of likely N-dealkylation sites (N-methyl/N-ethyl adjacent to an activating group) is 1. The van der Waals surface area contributed by atoms with Crippen LogP contribution in [0.1, 0.15) is 58.3 Å². The number of amides is 1. The molecule has 116 valence electrons. The molecule has 4 nitrogen and oxygen atoms in total. The van der Waals surface area contributed by atoms with Crippen LogP contribution in [0.4, 0.5) is 0 Å². The Morgan fingerprint density at radius 3 is 2.55 bits per heavy atom. The Morgan fingerprint density at radius 1 is 1.20 bits per heavy atom. The minimum Gasteiger partial charge on any atom is -0.365 e. The van der Waals surface area contributed by atoms with Gasteiger partial charge in [0.15, 0.2) is 0 Å². The zero-order valence-electron chi connectivity index (χ0n) is 13.1. The molecule has 20 heavy (non-hydrogen) atoms. The Hall–Kier alpha value is -0.610. The fourth-order valence-electron chi connectivity index (χ4n) is 3.53. The molecule has 0 aromatic rings. The maximum atomic E-state index is 12.6. The molecule has 2 rings (SSSR count). The summed E-state index contributed by atoms with van der Waals surface area (Å²) in [6.07, 6.45) is 9.62. The second-order valence-corrected chi connectivity index (χ2v) is 6.28. The van der Waals surface area contributed by atoms with Crippen LogP contribution in [0.15, 0.2) is 0 Å². The van der Waals surface area contributed by atoms with E-state index in [1.807, 2.05) is 18.9 Å². The first-order chi connectivity index (χ1) is 9.72. The zero-order chi connectivity index (χ0) is 14.4. The van der Waals surface area contributed by atoms with Crippen LogP contribution in [-0.2, 0) is 9.53 Å². The molecule has 2 unspecified atom stereocenters. The van der Waals surface area contributed by atoms with E-state index in [1.165, 1.54) is 25.7 Å². The van der Waals surface area contributed by atoms with Crippen molar-refractivity contribution in [3.8, 4) is 0 Å². The summed E-state index contributed by atoms with van der Waals surface area (Å²) in [4.78, 5) is 14.6. The van der Waals surface area contributed by atoms with Crippen LogP contribution >= 0.6 is 0 Å². The molecule has 2 atom stereocenters. The molecule has 2 aliphatic rings. The molecule has 0 radical (unpaired) electrons. The van der Waals surface area contributed by atoms with Crippen LogP contribution in [0.25, 0.3) is 0 Å². The number of hydrogen-bond donors (Lipinski definition) is 1. The fourth-order valence-corrected chi connectivity index (χ4v) is 3.53. The van der Waals surface area contributed by atoms with Crippen molar-refractivity contribution < 1.29 is 9.53 Å². The molecule has 1 aliphatic carbocycles. The first-order valence-corrected chi connectivity index (χ1v) is 8.33. The zero-order valence-corrected chi connectivity index (χ0v) is 13.1. The van der Waals surface area contributed by atoms with Gasteiger partial charge in [0.2, 0.25) is 0 Å². The van der Waals surface area contributed by atoms with E-state index in [0.29, 0.717) is 12.1 Å². The van der Waals surface area contributed by atoms with Gasteiger partial charge in [-0.15, -0.1) is 0 Å². The van der Waals surface area contributed by atoms with Gasteiger partial charge in [0.25, 0.3) is 5.91 Å². The lowest BCUT2D eigenvalue weighted by Gasteiger charge is -2.29. The molecule has 2 fully saturated rings. The molecule has 0 bridgehead atoms. The molecule has 1 N–H and O–H groups in total. The summed E-state index contributed by atoms with van der Waals surface area (Å²) in [7, 11) is 1.95. The molecule has 1 aliphatic heterocycles. The van der Waals surface area contributed by atoms with E-state index in [9.17, 15) is 4.79 Å². The van der Waals surface area contributed by atoms with E-state index in [0.717, 1.165) is 38.8 Å². The number of nitrogens with one attached hydrogen (secondary N) is 1. The van der Waals surface area contributed by atoms with Crippen molar-refractivity contribution in [1.29, 1.82) is 0 Å². The predicted molar refractivity (Wildman–Crippen MR) is 80.7 cm³/mol. The van der Waals surface area contributed by atoms with Crippen molar-refractivity contribution in [3.05, 3.63) is 0 Å². The molecule has 1 amide bonds. The Bertz CT molecular complexity index is 301. The Labute approximate surface area is 123 Å². The monoisotopic (exact) mass is 282 g/mol. The number of carbonyl (C=O) groups is 1. The van der Waals surface area contributed by atoms with Crippen molar-refractivity contribution in [2.75, 3.05) is 20.1 Å². The quantitative estimate of drug-likeness (QED) is 0.787. The molecule has 0 aromatic carbocycles. The van der Waals surface area contributed by atoms with Gasteiger partial charge in [0.1, 0.15) is 6.10 Å². The van der Waals surface area contributed by atoms with Crippen LogP contribution < -0.4 is 5.32 Å². The molecular formula is C16H30N2O2. The predicted octanol–water partition coefficient (Wildman–Crippen LogP) is 2.32. The van der Waals surface area contributed by atoms with Crippen molar-refractivity contribution in [2.24, 2.45) is 0 Å². The highest BCUT2D eigenvalue weighted by Gasteiger charge is 2.32. The minimum atomic E-state index is -0.282. The van der Waals surface area contributed by atoms with Gasteiger partial charge in [-0.3, -0.25) is 4.79 Å². The molecular weight excluding hydrogens is 252 g/mol. The SMILES string of the molecule is CNCC1CCCN1C(=O)C(C)OC1CCCCCC1. The third kappa shape index (κ3) is 4.19. The number of ether oxygens (including phenoxy) is 1. The van der Waals surface area contributed by atoms with E-state index in [4.69, 9.17) is 4.74 Å². The summed E-state index contributed by atoms with van der Waals surface area (Å²) in [5.41, 5.74) is 0. The molecule has 1 saturated carbocycles. The first kappa shape index (κ1) is 15.8. The number of nitrogens with zero attached hydrogens (tertiary/aromatic N) is 1. The Balaban J connectivity index is 1.84. The third-order valence-electron chi connectivity index (χ3n) is 4.65. The summed E-state index contributed by atoms with van der Waals surface area (Å²) in [5, 5.41) is 3.19. The summed E-state index contributed by atoms with van der Waals surface area (Å²) >= 11 is 0. The van der Waals surface area contributed by atoms with Gasteiger partial charge in [-0.1, -0.05) is 25.7 Å². The van der Waals surface area contributed by atoms with E-state index < -0.39 is 0 Å². The van der Waals surface area contributed by atoms with Gasteiger partial charge < -0.3 is 15.0 Å². The van der Waals surface area contributed by atoms with Gasteiger partial charge in [0, 0.05) is 19.1 Å². The second-order valence-electron chi connectivity index (χ2n) is 6.28. The normalized spacial score (nSPS) is 26.5. The van der Waals surface area contributed by atoms with Gasteiger partial charge in [-0.2, -0.15) is 0 Å². The van der Waals surface area contributed by atoms with Gasteiger partial charge >= 0.3 is 0 Å². The molecule has 0 spiro atoms. The number of hydrogen-bond acceptors (Lipinski definition) is 3. The Morgan fingerprint density at radius 2 is 1.90 bits per heavy atom. The van der Waals surface area contributed by atoms with E-state index in [1.54, 1.807) is 0 Å². The first-order valence-electron chi connectivity index (χ1n) is 8.33. The van der Waals surface area contributed by atoms with Gasteiger partial charge in [-0.05, 0) is 39.7 Å². The van der Waals surface area contributed by atoms with Gasteiger partial charge in [0.05, 0.1) is 6.10 Å². The number of likely N-dealkylation sites (tertiary alicyclic amines) is 1. The summed E-state index contributed by atoms with van der Waals surface area (Å²) in [5.74, 6) is 0.187. The van der Waals surface area contributed by atoms with Crippen LogP contribution in [0, 0.1) is 0 Å². The van der Waals surface area contributed by atoms with Crippen molar-refractivity contribution in [3.63, 3.8) is 0 Å². The van der Waals surface area contributed by atoms with E-state index in [2.05, 4.69) is 5.32 Å². The summed E-state index contributed by atoms with van der Waals surface area (Å²) in [6.45, 7) is 3.72. The highest BCUT2D eigenvalue weighted by molar-refractivity contribution is 5.81. The lowest BCUT2D eigenvalue weighted by Crippen LogP contribution is -2.46. The maximum absolute atomic E-state index is 12.6. The highest BCUT2D eigenvalue weighted by atomic mass is 16.5. The molecule has 4 heteroatoms. The van der Waals surface area contributed by atoms with Crippen molar-refractivity contribution >= 4 is 5.91 Å². The van der Waals surface area contributed by atoms with E-state index in [-0.39, 0.29) is 12.0 Å². The average Bonchev–Trinajstić information content (AvgIpc) is 2.74. The summed E-state index contributed by atoms with van der Waals surface area (Å²) in [6, 6.07) is 0.354. The van der Waals surface area contributed by atoms with Gasteiger partial charge in [-0.25, -0.2) is 0 Å². The smallest absolute Gasteiger partial charge is 0.251 e. The van der Waals surface area contributed by atoms with E-state index >= 15 is 0 Å². The largest absolute Gasteiger partial charge is 0.365 e.